The third kappa shape index (κ3) is 4.47. The molecule has 1 heterocycles. The van der Waals surface area contributed by atoms with Crippen molar-refractivity contribution in [2.45, 2.75) is 0 Å². The Kier molecular flexibility index (Phi) is 6.00. The molecule has 3 rings (SSSR count). The van der Waals surface area contributed by atoms with E-state index in [0.717, 1.165) is 4.47 Å². The number of aromatic amines is 1. The van der Waals surface area contributed by atoms with Gasteiger partial charge in [-0.25, -0.2) is 4.98 Å². The Hall–Kier alpha value is -3.17. The summed E-state index contributed by atoms with van der Waals surface area (Å²) in [6.45, 7) is 0. The largest absolute Gasteiger partial charge is 0.364 e. The van der Waals surface area contributed by atoms with Crippen molar-refractivity contribution in [1.29, 1.82) is 0 Å². The highest BCUT2D eigenvalue weighted by Gasteiger charge is 2.22. The summed E-state index contributed by atoms with van der Waals surface area (Å²) in [5.41, 5.74) is 6.51. The highest BCUT2D eigenvalue weighted by Crippen LogP contribution is 2.23. The van der Waals surface area contributed by atoms with Gasteiger partial charge in [0.05, 0.1) is 16.9 Å². The van der Waals surface area contributed by atoms with E-state index >= 15 is 0 Å². The van der Waals surface area contributed by atoms with Gasteiger partial charge in [0, 0.05) is 22.9 Å². The molecule has 10 heteroatoms. The summed E-state index contributed by atoms with van der Waals surface area (Å²) in [4.78, 5) is 44.1. The molecule has 0 spiro atoms. The Bertz CT molecular complexity index is 1100. The predicted molar refractivity (Wildman–Crippen MR) is 113 cm³/mol. The van der Waals surface area contributed by atoms with Gasteiger partial charge in [0.25, 0.3) is 17.7 Å². The number of nitrogens with one attached hydrogen (secondary N) is 2. The number of hydrogen-bond acceptors (Lipinski definition) is 4. The van der Waals surface area contributed by atoms with Gasteiger partial charge in [0.2, 0.25) is 0 Å². The quantitative estimate of drug-likeness (QED) is 0.522. The van der Waals surface area contributed by atoms with E-state index in [1.54, 1.807) is 42.5 Å². The number of carbonyl (C=O) groups excluding carboxylic acids is 3. The number of primary amides is 1. The van der Waals surface area contributed by atoms with Gasteiger partial charge < -0.3 is 20.9 Å². The normalized spacial score (nSPS) is 10.4. The average molecular weight is 477 g/mol. The lowest BCUT2D eigenvalue weighted by Gasteiger charge is -2.17. The zero-order valence-corrected chi connectivity index (χ0v) is 17.4. The van der Waals surface area contributed by atoms with Crippen molar-refractivity contribution in [3.63, 3.8) is 0 Å². The first-order chi connectivity index (χ1) is 13.8. The van der Waals surface area contributed by atoms with Gasteiger partial charge >= 0.3 is 0 Å². The predicted octanol–water partition coefficient (Wildman–Crippen LogP) is 3.45. The van der Waals surface area contributed by atoms with Gasteiger partial charge in [-0.2, -0.15) is 0 Å². The Morgan fingerprint density at radius 1 is 1.17 bits per heavy atom. The van der Waals surface area contributed by atoms with Crippen LogP contribution in [0.4, 0.5) is 11.4 Å². The van der Waals surface area contributed by atoms with Crippen LogP contribution < -0.4 is 16.0 Å². The number of halogens is 2. The number of carbonyl (C=O) groups is 3. The molecule has 1 aromatic heterocycles. The monoisotopic (exact) mass is 475 g/mol. The van der Waals surface area contributed by atoms with Crippen molar-refractivity contribution in [2.75, 3.05) is 17.3 Å². The van der Waals surface area contributed by atoms with E-state index in [1.165, 1.54) is 18.3 Å². The van der Waals surface area contributed by atoms with E-state index in [-0.39, 0.29) is 17.3 Å². The first-order valence-corrected chi connectivity index (χ1v) is 9.42. The molecular weight excluding hydrogens is 462 g/mol. The molecule has 0 radical (unpaired) electrons. The third-order valence-corrected chi connectivity index (χ3v) is 4.89. The summed E-state index contributed by atoms with van der Waals surface area (Å²) in [7, 11) is 1.54. The zero-order chi connectivity index (χ0) is 21.1. The number of benzene rings is 2. The molecule has 2 aromatic carbocycles. The fourth-order valence-electron chi connectivity index (χ4n) is 2.56. The fraction of sp³-hybridized carbons (Fsp3) is 0.0526. The molecule has 4 N–H and O–H groups in total. The highest BCUT2D eigenvalue weighted by atomic mass is 79.9. The first-order valence-electron chi connectivity index (χ1n) is 8.25. The van der Waals surface area contributed by atoms with Crippen LogP contribution in [0.5, 0.6) is 0 Å². The van der Waals surface area contributed by atoms with Gasteiger partial charge in [-0.05, 0) is 42.5 Å². The van der Waals surface area contributed by atoms with Gasteiger partial charge in [0.15, 0.2) is 5.69 Å². The summed E-state index contributed by atoms with van der Waals surface area (Å²) in [6, 6.07) is 11.5. The number of nitrogens with two attached hydrogens (primary N) is 1. The van der Waals surface area contributed by atoms with Crippen LogP contribution in [-0.4, -0.2) is 34.7 Å². The van der Waals surface area contributed by atoms with Gasteiger partial charge in [-0.15, -0.1) is 0 Å². The van der Waals surface area contributed by atoms with Crippen molar-refractivity contribution < 1.29 is 14.4 Å². The molecule has 0 fully saturated rings. The van der Waals surface area contributed by atoms with E-state index in [9.17, 15) is 14.4 Å². The van der Waals surface area contributed by atoms with Crippen LogP contribution in [0.3, 0.4) is 0 Å². The summed E-state index contributed by atoms with van der Waals surface area (Å²) in [6.07, 6.45) is 1.23. The number of hydrogen-bond donors (Lipinski definition) is 3. The molecule has 3 amide bonds. The van der Waals surface area contributed by atoms with Crippen LogP contribution >= 0.6 is 27.5 Å². The SMILES string of the molecule is CN(C(=O)c1nc[nH]c1C(N)=O)c1ccc(NC(=O)c2ccc(Br)cc2Cl)cc1. The number of anilines is 2. The Labute approximate surface area is 179 Å². The smallest absolute Gasteiger partial charge is 0.279 e. The third-order valence-electron chi connectivity index (χ3n) is 4.08. The van der Waals surface area contributed by atoms with Crippen LogP contribution in [0.1, 0.15) is 31.3 Å². The number of nitrogens with zero attached hydrogens (tertiary/aromatic N) is 2. The highest BCUT2D eigenvalue weighted by molar-refractivity contribution is 9.10. The minimum Gasteiger partial charge on any atom is -0.364 e. The van der Waals surface area contributed by atoms with Crippen molar-refractivity contribution in [3.05, 3.63) is 75.2 Å². The lowest BCUT2D eigenvalue weighted by Crippen LogP contribution is -2.29. The minimum absolute atomic E-state index is 0.0582. The molecule has 0 aliphatic rings. The van der Waals surface area contributed by atoms with Crippen LogP contribution in [0, 0.1) is 0 Å². The molecule has 0 atom stereocenters. The molecular formula is C19H15BrClN5O3. The van der Waals surface area contributed by atoms with E-state index in [1.807, 2.05) is 0 Å². The van der Waals surface area contributed by atoms with E-state index in [4.69, 9.17) is 17.3 Å². The first kappa shape index (κ1) is 20.6. The molecule has 0 saturated heterocycles. The standard InChI is InChI=1S/C19H15BrClN5O3/c1-26(19(29)16-15(17(22)27)23-9-24-16)12-5-3-11(4-6-12)25-18(28)13-7-2-10(20)8-14(13)21/h2-9H,1H3,(H2,22,27)(H,23,24)(H,25,28). The van der Waals surface area contributed by atoms with Crippen molar-refractivity contribution >= 4 is 56.6 Å². The van der Waals surface area contributed by atoms with Crippen LogP contribution in [-0.2, 0) is 0 Å². The van der Waals surface area contributed by atoms with Gasteiger partial charge in [-0.3, -0.25) is 14.4 Å². The Morgan fingerprint density at radius 3 is 2.48 bits per heavy atom. The number of H-pyrrole nitrogens is 1. The lowest BCUT2D eigenvalue weighted by atomic mass is 10.2. The lowest BCUT2D eigenvalue weighted by molar-refractivity contribution is 0.0958. The molecule has 0 aliphatic carbocycles. The minimum atomic E-state index is -0.774. The van der Waals surface area contributed by atoms with Gasteiger partial charge in [0.1, 0.15) is 5.69 Å². The Balaban J connectivity index is 1.74. The zero-order valence-electron chi connectivity index (χ0n) is 15.1. The number of aromatic nitrogens is 2. The second kappa shape index (κ2) is 8.46. The maximum absolute atomic E-state index is 12.6. The number of amides is 3. The molecule has 0 aliphatic heterocycles. The van der Waals surface area contributed by atoms with Crippen LogP contribution in [0.2, 0.25) is 5.02 Å². The maximum atomic E-state index is 12.6. The van der Waals surface area contributed by atoms with E-state index in [2.05, 4.69) is 31.2 Å². The molecule has 148 valence electrons. The van der Waals surface area contributed by atoms with Crippen LogP contribution in [0.25, 0.3) is 0 Å². The molecule has 0 saturated carbocycles. The van der Waals surface area contributed by atoms with Gasteiger partial charge in [-0.1, -0.05) is 27.5 Å². The second-order valence-electron chi connectivity index (χ2n) is 5.98. The molecule has 3 aromatic rings. The number of imidazole rings is 1. The number of rotatable bonds is 5. The van der Waals surface area contributed by atoms with E-state index < -0.39 is 11.8 Å². The molecule has 0 unspecified atom stereocenters. The van der Waals surface area contributed by atoms with Crippen molar-refractivity contribution in [3.8, 4) is 0 Å². The fourth-order valence-corrected chi connectivity index (χ4v) is 3.32. The average Bonchev–Trinajstić information content (AvgIpc) is 3.17. The summed E-state index contributed by atoms with van der Waals surface area (Å²) < 4.78 is 0.771. The molecule has 8 nitrogen and oxygen atoms in total. The Morgan fingerprint density at radius 2 is 1.86 bits per heavy atom. The van der Waals surface area contributed by atoms with Crippen LogP contribution in [0.15, 0.2) is 53.3 Å². The second-order valence-corrected chi connectivity index (χ2v) is 7.30. The van der Waals surface area contributed by atoms with E-state index in [0.29, 0.717) is 22.0 Å². The summed E-state index contributed by atoms with van der Waals surface area (Å²) in [5, 5.41) is 3.07. The topological polar surface area (TPSA) is 121 Å². The van der Waals surface area contributed by atoms with Crippen molar-refractivity contribution in [2.24, 2.45) is 5.73 Å². The summed E-state index contributed by atoms with van der Waals surface area (Å²) in [5.74, 6) is -1.63. The van der Waals surface area contributed by atoms with Crippen molar-refractivity contribution in [1.82, 2.24) is 9.97 Å². The maximum Gasteiger partial charge on any atom is 0.279 e. The molecule has 29 heavy (non-hydrogen) atoms. The summed E-state index contributed by atoms with van der Waals surface area (Å²) >= 11 is 9.39. The molecule has 0 bridgehead atoms.